The number of allylic oxidation sites excluding steroid dienone is 1. The van der Waals surface area contributed by atoms with Gasteiger partial charge in [0, 0.05) is 37.2 Å². The van der Waals surface area contributed by atoms with Crippen molar-refractivity contribution in [1.82, 2.24) is 14.8 Å². The summed E-state index contributed by atoms with van der Waals surface area (Å²) in [7, 11) is 0. The molecule has 1 aliphatic carbocycles. The highest BCUT2D eigenvalue weighted by Crippen LogP contribution is 2.30. The van der Waals surface area contributed by atoms with Gasteiger partial charge in [0.25, 0.3) is 0 Å². The molecule has 0 aromatic carbocycles. The molecule has 1 saturated carbocycles. The van der Waals surface area contributed by atoms with E-state index in [1.165, 1.54) is 18.4 Å². The molecule has 4 nitrogen and oxygen atoms in total. The topological polar surface area (TPSA) is 43.1 Å². The third-order valence-corrected chi connectivity index (χ3v) is 4.24. The van der Waals surface area contributed by atoms with Crippen molar-refractivity contribution in [3.8, 4) is 0 Å². The van der Waals surface area contributed by atoms with E-state index in [0.29, 0.717) is 0 Å². The van der Waals surface area contributed by atoms with Gasteiger partial charge in [-0.15, -0.1) is 0 Å². The van der Waals surface area contributed by atoms with Gasteiger partial charge in [-0.1, -0.05) is 0 Å². The second-order valence-corrected chi connectivity index (χ2v) is 6.15. The van der Waals surface area contributed by atoms with Gasteiger partial charge in [0.15, 0.2) is 0 Å². The van der Waals surface area contributed by atoms with Crippen molar-refractivity contribution < 1.29 is 0 Å². The Morgan fingerprint density at radius 3 is 3.05 bits per heavy atom. The summed E-state index contributed by atoms with van der Waals surface area (Å²) in [6, 6.07) is 6.15. The maximum absolute atomic E-state index is 4.72. The van der Waals surface area contributed by atoms with Gasteiger partial charge >= 0.3 is 0 Å². The van der Waals surface area contributed by atoms with Crippen molar-refractivity contribution in [2.45, 2.75) is 32.2 Å². The molecule has 0 unspecified atom stereocenters. The summed E-state index contributed by atoms with van der Waals surface area (Å²) < 4.78 is 2.08. The molecule has 0 bridgehead atoms. The Bertz CT molecular complexity index is 708. The lowest BCUT2D eigenvalue weighted by Crippen LogP contribution is -2.12. The molecule has 2 aromatic rings. The fraction of sp³-hybridized carbons (Fsp3) is 0.389. The average Bonchev–Trinajstić information content (AvgIpc) is 3.27. The Kier molecular flexibility index (Phi) is 3.59. The largest absolute Gasteiger partial charge is 0.284 e. The molecular weight excluding hydrogens is 272 g/mol. The number of nitrogens with zero attached hydrogens (tertiary/aromatic N) is 4. The monoisotopic (exact) mass is 292 g/mol. The predicted octanol–water partition coefficient (Wildman–Crippen LogP) is 3.35. The normalized spacial score (nSPS) is 20.2. The smallest absolute Gasteiger partial charge is 0.0854 e. The summed E-state index contributed by atoms with van der Waals surface area (Å²) in [5.74, 6) is 0.850. The summed E-state index contributed by atoms with van der Waals surface area (Å²) in [6.45, 7) is 1.96. The second-order valence-electron chi connectivity index (χ2n) is 6.15. The molecule has 2 aliphatic rings. The molecule has 4 rings (SSSR count). The van der Waals surface area contributed by atoms with Crippen molar-refractivity contribution in [1.29, 1.82) is 0 Å². The van der Waals surface area contributed by atoms with Gasteiger partial charge in [-0.25, -0.2) is 0 Å². The van der Waals surface area contributed by atoms with Gasteiger partial charge in [-0.05, 0) is 61.4 Å². The van der Waals surface area contributed by atoms with E-state index in [4.69, 9.17) is 4.99 Å². The number of aromatic nitrogens is 3. The van der Waals surface area contributed by atoms with Crippen LogP contribution in [0.25, 0.3) is 6.08 Å². The molecule has 3 heterocycles. The minimum atomic E-state index is 0.850. The van der Waals surface area contributed by atoms with Crippen LogP contribution in [0, 0.1) is 5.92 Å². The number of rotatable bonds is 4. The van der Waals surface area contributed by atoms with Crippen LogP contribution in [0.3, 0.4) is 0 Å². The van der Waals surface area contributed by atoms with Crippen LogP contribution in [0.2, 0.25) is 0 Å². The summed E-state index contributed by atoms with van der Waals surface area (Å²) in [5.41, 5.74) is 4.49. The maximum atomic E-state index is 4.72. The summed E-state index contributed by atoms with van der Waals surface area (Å²) >= 11 is 0. The van der Waals surface area contributed by atoms with Gasteiger partial charge in [0.1, 0.15) is 0 Å². The van der Waals surface area contributed by atoms with Crippen LogP contribution in [0.15, 0.2) is 47.4 Å². The van der Waals surface area contributed by atoms with E-state index in [1.807, 2.05) is 12.3 Å². The Labute approximate surface area is 130 Å². The van der Waals surface area contributed by atoms with E-state index in [2.05, 4.69) is 39.2 Å². The van der Waals surface area contributed by atoms with Crippen molar-refractivity contribution in [2.75, 3.05) is 6.54 Å². The standard InChI is InChI=1S/C18H20N4/c1-4-16(12-19-8-1)18-15(3-2-9-20-18)11-17-7-10-22(21-17)13-14-5-6-14/h1,4,7-8,10-12,14H,2-3,5-6,9,13H2. The Morgan fingerprint density at radius 1 is 1.27 bits per heavy atom. The maximum Gasteiger partial charge on any atom is 0.0854 e. The van der Waals surface area contributed by atoms with Gasteiger partial charge in [0.2, 0.25) is 0 Å². The van der Waals surface area contributed by atoms with Crippen LogP contribution in [0.1, 0.15) is 36.9 Å². The fourth-order valence-electron chi connectivity index (χ4n) is 2.90. The van der Waals surface area contributed by atoms with Gasteiger partial charge < -0.3 is 0 Å². The Morgan fingerprint density at radius 2 is 2.23 bits per heavy atom. The lowest BCUT2D eigenvalue weighted by molar-refractivity contribution is 0.562. The Balaban J connectivity index is 1.60. The first kappa shape index (κ1) is 13.4. The quantitative estimate of drug-likeness (QED) is 0.867. The summed E-state index contributed by atoms with van der Waals surface area (Å²) in [6.07, 6.45) is 12.9. The van der Waals surface area contributed by atoms with Crippen molar-refractivity contribution >= 4 is 11.8 Å². The van der Waals surface area contributed by atoms with Crippen LogP contribution in [0.5, 0.6) is 0 Å². The Hall–Kier alpha value is -2.23. The molecule has 1 aliphatic heterocycles. The molecular formula is C18H20N4. The van der Waals surface area contributed by atoms with Crippen LogP contribution >= 0.6 is 0 Å². The number of pyridine rings is 1. The minimum Gasteiger partial charge on any atom is -0.284 e. The molecule has 4 heteroatoms. The highest BCUT2D eigenvalue weighted by molar-refractivity contribution is 6.15. The molecule has 0 spiro atoms. The molecule has 0 saturated heterocycles. The van der Waals surface area contributed by atoms with Crippen molar-refractivity contribution in [2.24, 2.45) is 10.9 Å². The number of hydrogen-bond donors (Lipinski definition) is 0. The zero-order chi connectivity index (χ0) is 14.8. The zero-order valence-electron chi connectivity index (χ0n) is 12.7. The third-order valence-electron chi connectivity index (χ3n) is 4.24. The summed E-state index contributed by atoms with van der Waals surface area (Å²) in [4.78, 5) is 8.93. The van der Waals surface area contributed by atoms with Gasteiger partial charge in [-0.2, -0.15) is 5.10 Å². The SMILES string of the molecule is C(=C1CCCN=C1c1cccnc1)c1ccn(CC2CC2)n1. The van der Waals surface area contributed by atoms with Crippen LogP contribution in [-0.2, 0) is 6.54 Å². The molecule has 0 amide bonds. The van der Waals surface area contributed by atoms with Gasteiger partial charge in [0.05, 0.1) is 11.4 Å². The molecule has 0 atom stereocenters. The zero-order valence-corrected chi connectivity index (χ0v) is 12.7. The molecule has 0 N–H and O–H groups in total. The lowest BCUT2D eigenvalue weighted by atomic mass is 9.96. The van der Waals surface area contributed by atoms with E-state index in [1.54, 1.807) is 6.20 Å². The van der Waals surface area contributed by atoms with Crippen LogP contribution in [-0.4, -0.2) is 27.0 Å². The highest BCUT2D eigenvalue weighted by Gasteiger charge is 2.22. The molecule has 1 fully saturated rings. The molecule has 2 aromatic heterocycles. The van der Waals surface area contributed by atoms with E-state index in [-0.39, 0.29) is 0 Å². The molecule has 22 heavy (non-hydrogen) atoms. The van der Waals surface area contributed by atoms with Crippen LogP contribution < -0.4 is 0 Å². The highest BCUT2D eigenvalue weighted by atomic mass is 15.3. The van der Waals surface area contributed by atoms with E-state index in [9.17, 15) is 0 Å². The van der Waals surface area contributed by atoms with E-state index >= 15 is 0 Å². The number of hydrogen-bond acceptors (Lipinski definition) is 3. The average molecular weight is 292 g/mol. The lowest BCUT2D eigenvalue weighted by Gasteiger charge is -2.15. The van der Waals surface area contributed by atoms with E-state index < -0.39 is 0 Å². The first-order chi connectivity index (χ1) is 10.9. The van der Waals surface area contributed by atoms with E-state index in [0.717, 1.165) is 48.8 Å². The van der Waals surface area contributed by atoms with Crippen molar-refractivity contribution in [3.05, 3.63) is 53.6 Å². The van der Waals surface area contributed by atoms with Crippen molar-refractivity contribution in [3.63, 3.8) is 0 Å². The summed E-state index contributed by atoms with van der Waals surface area (Å²) in [5, 5.41) is 4.68. The number of aliphatic imine (C=N–C) groups is 1. The fourth-order valence-corrected chi connectivity index (χ4v) is 2.90. The first-order valence-electron chi connectivity index (χ1n) is 8.08. The molecule has 0 radical (unpaired) electrons. The first-order valence-corrected chi connectivity index (χ1v) is 8.08. The second kappa shape index (κ2) is 5.87. The predicted molar refractivity (Wildman–Crippen MR) is 87.8 cm³/mol. The molecule has 112 valence electrons. The third kappa shape index (κ3) is 3.01. The minimum absolute atomic E-state index is 0.850. The van der Waals surface area contributed by atoms with Crippen LogP contribution in [0.4, 0.5) is 0 Å². The van der Waals surface area contributed by atoms with Gasteiger partial charge in [-0.3, -0.25) is 14.7 Å².